The van der Waals surface area contributed by atoms with Gasteiger partial charge in [-0.05, 0) is 55.8 Å². The van der Waals surface area contributed by atoms with Gasteiger partial charge in [0.25, 0.3) is 5.91 Å². The van der Waals surface area contributed by atoms with Gasteiger partial charge in [-0.15, -0.1) is 0 Å². The largest absolute Gasteiger partial charge is 0.350 e. The fourth-order valence-electron chi connectivity index (χ4n) is 3.94. The highest BCUT2D eigenvalue weighted by Gasteiger charge is 2.24. The highest BCUT2D eigenvalue weighted by molar-refractivity contribution is 6.31. The molecule has 30 heavy (non-hydrogen) atoms. The molecule has 7 heteroatoms. The first-order valence-corrected chi connectivity index (χ1v) is 10.8. The van der Waals surface area contributed by atoms with E-state index in [9.17, 15) is 4.79 Å². The number of nitrogens with zero attached hydrogens (tertiary/aromatic N) is 4. The minimum absolute atomic E-state index is 0.0528. The SMILES string of the molecule is O=C(NC[C@@H](c1ccccc1Cl)N1CCCCCC1)c1ccc(-n2cccn2)nc1. The summed E-state index contributed by atoms with van der Waals surface area (Å²) in [5.41, 5.74) is 1.59. The number of rotatable bonds is 6. The van der Waals surface area contributed by atoms with Crippen LogP contribution < -0.4 is 5.32 Å². The average molecular weight is 424 g/mol. The Kier molecular flexibility index (Phi) is 6.77. The molecular weight excluding hydrogens is 398 g/mol. The van der Waals surface area contributed by atoms with Gasteiger partial charge in [0.15, 0.2) is 5.82 Å². The van der Waals surface area contributed by atoms with Crippen LogP contribution in [0.25, 0.3) is 5.82 Å². The number of hydrogen-bond acceptors (Lipinski definition) is 4. The average Bonchev–Trinajstić information content (AvgIpc) is 3.18. The topological polar surface area (TPSA) is 63.1 Å². The third-order valence-electron chi connectivity index (χ3n) is 5.55. The number of benzene rings is 1. The smallest absolute Gasteiger partial charge is 0.252 e. The maximum absolute atomic E-state index is 12.8. The quantitative estimate of drug-likeness (QED) is 0.643. The lowest BCUT2D eigenvalue weighted by Gasteiger charge is -2.31. The standard InChI is InChI=1S/C23H26ClN5O/c24-20-9-4-3-8-19(20)21(28-13-5-1-2-6-14-28)17-26-23(30)18-10-11-22(25-16-18)29-15-7-12-27-29/h3-4,7-12,15-16,21H,1-2,5-6,13-14,17H2,(H,26,30)/t21-/m0/s1. The molecule has 0 bridgehead atoms. The highest BCUT2D eigenvalue weighted by atomic mass is 35.5. The maximum Gasteiger partial charge on any atom is 0.252 e. The predicted molar refractivity (Wildman–Crippen MR) is 118 cm³/mol. The Hall–Kier alpha value is -2.70. The van der Waals surface area contributed by atoms with Gasteiger partial charge in [0.1, 0.15) is 0 Å². The van der Waals surface area contributed by atoms with E-state index in [0.29, 0.717) is 17.9 Å². The first-order valence-electron chi connectivity index (χ1n) is 10.4. The van der Waals surface area contributed by atoms with E-state index in [4.69, 9.17) is 11.6 Å². The van der Waals surface area contributed by atoms with Crippen LogP contribution in [0.1, 0.15) is 47.6 Å². The van der Waals surface area contributed by atoms with Gasteiger partial charge in [-0.3, -0.25) is 9.69 Å². The van der Waals surface area contributed by atoms with Crippen molar-refractivity contribution in [3.63, 3.8) is 0 Å². The van der Waals surface area contributed by atoms with Gasteiger partial charge in [0.2, 0.25) is 0 Å². The molecule has 6 nitrogen and oxygen atoms in total. The van der Waals surface area contributed by atoms with Gasteiger partial charge < -0.3 is 5.32 Å². The lowest BCUT2D eigenvalue weighted by molar-refractivity contribution is 0.0933. The molecule has 1 aliphatic rings. The van der Waals surface area contributed by atoms with Crippen LogP contribution in [0.4, 0.5) is 0 Å². The van der Waals surface area contributed by atoms with Crippen LogP contribution in [-0.2, 0) is 0 Å². The Morgan fingerprint density at radius 2 is 1.87 bits per heavy atom. The monoisotopic (exact) mass is 423 g/mol. The number of hydrogen-bond donors (Lipinski definition) is 1. The number of amides is 1. The van der Waals surface area contributed by atoms with E-state index in [-0.39, 0.29) is 11.9 Å². The van der Waals surface area contributed by atoms with Crippen molar-refractivity contribution in [2.45, 2.75) is 31.7 Å². The summed E-state index contributed by atoms with van der Waals surface area (Å²) in [5, 5.41) is 7.99. The normalized spacial score (nSPS) is 16.0. The van der Waals surface area contributed by atoms with Crippen molar-refractivity contribution < 1.29 is 4.79 Å². The third kappa shape index (κ3) is 4.89. The van der Waals surface area contributed by atoms with Crippen molar-refractivity contribution in [1.29, 1.82) is 0 Å². The van der Waals surface area contributed by atoms with Gasteiger partial charge in [-0.1, -0.05) is 42.6 Å². The van der Waals surface area contributed by atoms with Crippen molar-refractivity contribution in [3.05, 3.63) is 77.2 Å². The van der Waals surface area contributed by atoms with Gasteiger partial charge >= 0.3 is 0 Å². The number of carbonyl (C=O) groups is 1. The van der Waals surface area contributed by atoms with Crippen molar-refractivity contribution in [2.24, 2.45) is 0 Å². The molecule has 3 aromatic rings. The van der Waals surface area contributed by atoms with E-state index < -0.39 is 0 Å². The Bertz CT molecular complexity index is 950. The number of nitrogens with one attached hydrogen (secondary N) is 1. The lowest BCUT2D eigenvalue weighted by Crippen LogP contribution is -2.38. The molecule has 0 radical (unpaired) electrons. The van der Waals surface area contributed by atoms with Crippen molar-refractivity contribution in [3.8, 4) is 5.82 Å². The van der Waals surface area contributed by atoms with Crippen LogP contribution in [0.15, 0.2) is 61.1 Å². The molecule has 1 aliphatic heterocycles. The predicted octanol–water partition coefficient (Wildman–Crippen LogP) is 4.27. The highest BCUT2D eigenvalue weighted by Crippen LogP contribution is 2.29. The summed E-state index contributed by atoms with van der Waals surface area (Å²) in [6, 6.07) is 13.4. The number of carbonyl (C=O) groups excluding carboxylic acids is 1. The zero-order valence-electron chi connectivity index (χ0n) is 16.9. The van der Waals surface area contributed by atoms with Crippen LogP contribution in [0.5, 0.6) is 0 Å². The first kappa shape index (κ1) is 20.6. The minimum Gasteiger partial charge on any atom is -0.350 e. The van der Waals surface area contributed by atoms with E-state index in [1.807, 2.05) is 30.5 Å². The number of aromatic nitrogens is 3. The summed E-state index contributed by atoms with van der Waals surface area (Å²) < 4.78 is 1.66. The Labute approximate surface area is 181 Å². The molecule has 156 valence electrons. The van der Waals surface area contributed by atoms with Crippen LogP contribution in [0, 0.1) is 0 Å². The molecule has 1 N–H and O–H groups in total. The fraction of sp³-hybridized carbons (Fsp3) is 0.348. The van der Waals surface area contributed by atoms with E-state index in [0.717, 1.165) is 23.7 Å². The second kappa shape index (κ2) is 9.87. The molecule has 1 saturated heterocycles. The minimum atomic E-state index is -0.138. The van der Waals surface area contributed by atoms with Crippen LogP contribution in [-0.4, -0.2) is 45.2 Å². The zero-order chi connectivity index (χ0) is 20.8. The molecule has 1 amide bonds. The second-order valence-electron chi connectivity index (χ2n) is 7.55. The Balaban J connectivity index is 1.47. The number of halogens is 1. The summed E-state index contributed by atoms with van der Waals surface area (Å²) in [6.07, 6.45) is 9.96. The van der Waals surface area contributed by atoms with Gasteiger partial charge in [-0.2, -0.15) is 5.10 Å². The molecule has 1 fully saturated rings. The number of pyridine rings is 1. The fourth-order valence-corrected chi connectivity index (χ4v) is 4.20. The lowest BCUT2D eigenvalue weighted by atomic mass is 10.0. The molecular formula is C23H26ClN5O. The maximum atomic E-state index is 12.8. The zero-order valence-corrected chi connectivity index (χ0v) is 17.6. The van der Waals surface area contributed by atoms with E-state index in [1.165, 1.54) is 25.7 Å². The molecule has 0 unspecified atom stereocenters. The summed E-state index contributed by atoms with van der Waals surface area (Å²) in [7, 11) is 0. The Morgan fingerprint density at radius 3 is 2.53 bits per heavy atom. The van der Waals surface area contributed by atoms with Crippen LogP contribution in [0.3, 0.4) is 0 Å². The van der Waals surface area contributed by atoms with Gasteiger partial charge in [0, 0.05) is 30.2 Å². The van der Waals surface area contributed by atoms with Crippen molar-refractivity contribution in [1.82, 2.24) is 25.0 Å². The molecule has 1 aromatic carbocycles. The van der Waals surface area contributed by atoms with Crippen molar-refractivity contribution >= 4 is 17.5 Å². The molecule has 0 spiro atoms. The second-order valence-corrected chi connectivity index (χ2v) is 7.96. The van der Waals surface area contributed by atoms with Gasteiger partial charge in [-0.25, -0.2) is 9.67 Å². The third-order valence-corrected chi connectivity index (χ3v) is 5.90. The van der Waals surface area contributed by atoms with E-state index >= 15 is 0 Å². The summed E-state index contributed by atoms with van der Waals surface area (Å²) in [4.78, 5) is 19.6. The molecule has 0 aliphatic carbocycles. The molecule has 3 heterocycles. The summed E-state index contributed by atoms with van der Waals surface area (Å²) in [6.45, 7) is 2.54. The molecule has 4 rings (SSSR count). The van der Waals surface area contributed by atoms with Crippen LogP contribution in [0.2, 0.25) is 5.02 Å². The summed E-state index contributed by atoms with van der Waals surface area (Å²) in [5.74, 6) is 0.538. The van der Waals surface area contributed by atoms with E-state index in [1.54, 1.807) is 29.2 Å². The number of likely N-dealkylation sites (tertiary alicyclic amines) is 1. The Morgan fingerprint density at radius 1 is 1.07 bits per heavy atom. The van der Waals surface area contributed by atoms with E-state index in [2.05, 4.69) is 26.4 Å². The molecule has 1 atom stereocenters. The molecule has 0 saturated carbocycles. The van der Waals surface area contributed by atoms with Gasteiger partial charge in [0.05, 0.1) is 11.6 Å². The van der Waals surface area contributed by atoms with Crippen LogP contribution >= 0.6 is 11.6 Å². The summed E-state index contributed by atoms with van der Waals surface area (Å²) >= 11 is 6.52. The van der Waals surface area contributed by atoms with Crippen molar-refractivity contribution in [2.75, 3.05) is 19.6 Å². The first-order chi connectivity index (χ1) is 14.7. The molecule has 2 aromatic heterocycles.